The highest BCUT2D eigenvalue weighted by molar-refractivity contribution is 4.78. The molecule has 90 valence electrons. The third kappa shape index (κ3) is 4.98. The van der Waals surface area contributed by atoms with Crippen LogP contribution in [0.25, 0.3) is 0 Å². The van der Waals surface area contributed by atoms with E-state index in [0.717, 1.165) is 12.3 Å². The summed E-state index contributed by atoms with van der Waals surface area (Å²) < 4.78 is 0. The Morgan fingerprint density at radius 3 is 2.27 bits per heavy atom. The van der Waals surface area contributed by atoms with E-state index in [9.17, 15) is 5.11 Å². The molecule has 2 heteroatoms. The van der Waals surface area contributed by atoms with Gasteiger partial charge in [0, 0.05) is 12.1 Å². The molecule has 1 rings (SSSR count). The second-order valence-corrected chi connectivity index (χ2v) is 5.34. The van der Waals surface area contributed by atoms with Gasteiger partial charge in [0.2, 0.25) is 0 Å². The molecule has 0 radical (unpaired) electrons. The number of nitrogens with one attached hydrogen (secondary N) is 1. The second-order valence-electron chi connectivity index (χ2n) is 5.34. The Balaban J connectivity index is 2.23. The zero-order valence-electron chi connectivity index (χ0n) is 10.5. The summed E-state index contributed by atoms with van der Waals surface area (Å²) in [5.41, 5.74) is 0. The van der Waals surface area contributed by atoms with Crippen LogP contribution in [0.3, 0.4) is 0 Å². The van der Waals surface area contributed by atoms with Crippen LogP contribution in [0.4, 0.5) is 0 Å². The van der Waals surface area contributed by atoms with Crippen LogP contribution >= 0.6 is 0 Å². The lowest BCUT2D eigenvalue weighted by Crippen LogP contribution is -2.41. The van der Waals surface area contributed by atoms with Crippen molar-refractivity contribution in [1.82, 2.24) is 5.32 Å². The fourth-order valence-corrected chi connectivity index (χ4v) is 2.80. The Labute approximate surface area is 94.5 Å². The van der Waals surface area contributed by atoms with Crippen molar-refractivity contribution in [2.45, 2.75) is 77.5 Å². The molecule has 2 N–H and O–H groups in total. The topological polar surface area (TPSA) is 32.3 Å². The molecule has 0 aromatic heterocycles. The first-order valence-corrected chi connectivity index (χ1v) is 6.53. The van der Waals surface area contributed by atoms with E-state index in [1.807, 2.05) is 6.92 Å². The summed E-state index contributed by atoms with van der Waals surface area (Å²) in [4.78, 5) is 0. The van der Waals surface area contributed by atoms with Crippen LogP contribution in [0.15, 0.2) is 0 Å². The molecule has 15 heavy (non-hydrogen) atoms. The predicted molar refractivity (Wildman–Crippen MR) is 64.9 cm³/mol. The van der Waals surface area contributed by atoms with Gasteiger partial charge < -0.3 is 10.4 Å². The maximum Gasteiger partial charge on any atom is 0.0526 e. The van der Waals surface area contributed by atoms with Crippen molar-refractivity contribution < 1.29 is 5.11 Å². The summed E-state index contributed by atoms with van der Waals surface area (Å²) >= 11 is 0. The minimum absolute atomic E-state index is 0.189. The van der Waals surface area contributed by atoms with Crippen LogP contribution in [-0.4, -0.2) is 23.3 Å². The Kier molecular flexibility index (Phi) is 5.62. The second kappa shape index (κ2) is 6.49. The molecule has 1 aliphatic carbocycles. The highest BCUT2D eigenvalue weighted by atomic mass is 16.3. The van der Waals surface area contributed by atoms with E-state index in [-0.39, 0.29) is 6.10 Å². The molecule has 0 bridgehead atoms. The van der Waals surface area contributed by atoms with Crippen LogP contribution in [0.2, 0.25) is 0 Å². The van der Waals surface area contributed by atoms with E-state index < -0.39 is 0 Å². The van der Waals surface area contributed by atoms with Gasteiger partial charge in [-0.25, -0.2) is 0 Å². The van der Waals surface area contributed by atoms with Gasteiger partial charge in [-0.1, -0.05) is 19.3 Å². The van der Waals surface area contributed by atoms with E-state index in [0.29, 0.717) is 12.1 Å². The normalized spacial score (nSPS) is 24.8. The van der Waals surface area contributed by atoms with E-state index in [4.69, 9.17) is 0 Å². The lowest BCUT2D eigenvalue weighted by atomic mass is 9.84. The average molecular weight is 213 g/mol. The summed E-state index contributed by atoms with van der Waals surface area (Å²) in [6.45, 7) is 6.34. The minimum atomic E-state index is -0.189. The van der Waals surface area contributed by atoms with Crippen molar-refractivity contribution in [3.63, 3.8) is 0 Å². The van der Waals surface area contributed by atoms with Crippen molar-refractivity contribution >= 4 is 0 Å². The molecule has 0 amide bonds. The maximum absolute atomic E-state index is 9.31. The van der Waals surface area contributed by atoms with Gasteiger partial charge in [0.15, 0.2) is 0 Å². The summed E-state index contributed by atoms with van der Waals surface area (Å²) in [5.74, 6) is 0.857. The largest absolute Gasteiger partial charge is 0.393 e. The lowest BCUT2D eigenvalue weighted by Gasteiger charge is -2.31. The molecule has 0 aliphatic heterocycles. The SMILES string of the molecule is CC(O)CC(C)NC(C)C1CCCCC1. The first-order valence-electron chi connectivity index (χ1n) is 6.53. The van der Waals surface area contributed by atoms with Gasteiger partial charge in [0.25, 0.3) is 0 Å². The molecule has 2 nitrogen and oxygen atoms in total. The van der Waals surface area contributed by atoms with Gasteiger partial charge in [-0.05, 0) is 46.0 Å². The molecule has 1 fully saturated rings. The Morgan fingerprint density at radius 2 is 1.73 bits per heavy atom. The van der Waals surface area contributed by atoms with Crippen molar-refractivity contribution in [2.24, 2.45) is 5.92 Å². The molecular formula is C13H27NO. The van der Waals surface area contributed by atoms with Crippen LogP contribution in [-0.2, 0) is 0 Å². The summed E-state index contributed by atoms with van der Waals surface area (Å²) in [6.07, 6.45) is 7.67. The van der Waals surface area contributed by atoms with Crippen LogP contribution in [0.5, 0.6) is 0 Å². The molecule has 0 heterocycles. The molecule has 3 atom stereocenters. The van der Waals surface area contributed by atoms with Gasteiger partial charge in [-0.2, -0.15) is 0 Å². The monoisotopic (exact) mass is 213 g/mol. The first-order chi connectivity index (χ1) is 7.09. The average Bonchev–Trinajstić information content (AvgIpc) is 2.17. The van der Waals surface area contributed by atoms with Crippen LogP contribution in [0, 0.1) is 5.92 Å². The molecule has 1 saturated carbocycles. The summed E-state index contributed by atoms with van der Waals surface area (Å²) in [5, 5.41) is 12.9. The number of hydrogen-bond acceptors (Lipinski definition) is 2. The fraction of sp³-hybridized carbons (Fsp3) is 1.00. The summed E-state index contributed by atoms with van der Waals surface area (Å²) in [7, 11) is 0. The van der Waals surface area contributed by atoms with Crippen LogP contribution in [0.1, 0.15) is 59.3 Å². The van der Waals surface area contributed by atoms with Gasteiger partial charge in [-0.15, -0.1) is 0 Å². The molecular weight excluding hydrogens is 186 g/mol. The third-order valence-corrected chi connectivity index (χ3v) is 3.60. The zero-order chi connectivity index (χ0) is 11.3. The first kappa shape index (κ1) is 13.0. The van der Waals surface area contributed by atoms with Gasteiger partial charge in [0.05, 0.1) is 6.10 Å². The van der Waals surface area contributed by atoms with Gasteiger partial charge >= 0.3 is 0 Å². The molecule has 0 aromatic carbocycles. The van der Waals surface area contributed by atoms with Crippen molar-refractivity contribution in [2.75, 3.05) is 0 Å². The lowest BCUT2D eigenvalue weighted by molar-refractivity contribution is 0.162. The van der Waals surface area contributed by atoms with Crippen molar-refractivity contribution in [3.8, 4) is 0 Å². The third-order valence-electron chi connectivity index (χ3n) is 3.60. The molecule has 3 unspecified atom stereocenters. The molecule has 0 saturated heterocycles. The standard InChI is InChI=1S/C13H27NO/c1-10(9-11(2)15)14-12(3)13-7-5-4-6-8-13/h10-15H,4-9H2,1-3H3. The van der Waals surface area contributed by atoms with Crippen LogP contribution < -0.4 is 5.32 Å². The minimum Gasteiger partial charge on any atom is -0.393 e. The maximum atomic E-state index is 9.31. The van der Waals surface area contributed by atoms with Crippen molar-refractivity contribution in [3.05, 3.63) is 0 Å². The number of hydrogen-bond donors (Lipinski definition) is 2. The van der Waals surface area contributed by atoms with Crippen molar-refractivity contribution in [1.29, 1.82) is 0 Å². The Bertz CT molecular complexity index is 164. The van der Waals surface area contributed by atoms with E-state index in [2.05, 4.69) is 19.2 Å². The molecule has 0 aromatic rings. The summed E-state index contributed by atoms with van der Waals surface area (Å²) in [6, 6.07) is 1.04. The van der Waals surface area contributed by atoms with E-state index >= 15 is 0 Å². The van der Waals surface area contributed by atoms with E-state index in [1.54, 1.807) is 0 Å². The number of aliphatic hydroxyl groups excluding tert-OH is 1. The Morgan fingerprint density at radius 1 is 1.13 bits per heavy atom. The predicted octanol–water partition coefficient (Wildman–Crippen LogP) is 2.70. The molecule has 0 spiro atoms. The van der Waals surface area contributed by atoms with E-state index in [1.165, 1.54) is 32.1 Å². The number of rotatable bonds is 5. The smallest absolute Gasteiger partial charge is 0.0526 e. The Hall–Kier alpha value is -0.0800. The highest BCUT2D eigenvalue weighted by Gasteiger charge is 2.21. The fourth-order valence-electron chi connectivity index (χ4n) is 2.80. The highest BCUT2D eigenvalue weighted by Crippen LogP contribution is 2.26. The van der Waals surface area contributed by atoms with Gasteiger partial charge in [0.1, 0.15) is 0 Å². The van der Waals surface area contributed by atoms with Gasteiger partial charge in [-0.3, -0.25) is 0 Å². The number of aliphatic hydroxyl groups is 1. The molecule has 1 aliphatic rings. The zero-order valence-corrected chi connectivity index (χ0v) is 10.5. The quantitative estimate of drug-likeness (QED) is 0.736.